The zero-order chi connectivity index (χ0) is 21.6. The first-order chi connectivity index (χ1) is 13.7. The normalized spacial score (nSPS) is 11.7. The largest absolute Gasteiger partial charge is 0.484 e. The van der Waals surface area contributed by atoms with Crippen molar-refractivity contribution < 1.29 is 14.3 Å². The van der Waals surface area contributed by atoms with Gasteiger partial charge in [-0.15, -0.1) is 0 Å². The molecular formula is C23H29ClN2O3. The highest BCUT2D eigenvalue weighted by Crippen LogP contribution is 2.26. The van der Waals surface area contributed by atoms with Crippen molar-refractivity contribution in [1.82, 2.24) is 10.2 Å². The number of nitrogens with zero attached hydrogens (tertiary/aromatic N) is 1. The molecular weight excluding hydrogens is 388 g/mol. The molecule has 0 bridgehead atoms. The number of likely N-dealkylation sites (N-methyl/N-ethyl adjacent to an activating group) is 1. The van der Waals surface area contributed by atoms with E-state index in [0.717, 1.165) is 22.3 Å². The van der Waals surface area contributed by atoms with Gasteiger partial charge in [0.1, 0.15) is 11.8 Å². The van der Waals surface area contributed by atoms with Crippen LogP contribution in [0.15, 0.2) is 36.4 Å². The third kappa shape index (κ3) is 5.97. The van der Waals surface area contributed by atoms with Gasteiger partial charge >= 0.3 is 0 Å². The number of aryl methyl sites for hydroxylation is 3. The van der Waals surface area contributed by atoms with Gasteiger partial charge in [0.15, 0.2) is 6.61 Å². The lowest BCUT2D eigenvalue weighted by Crippen LogP contribution is -2.49. The van der Waals surface area contributed by atoms with E-state index in [9.17, 15) is 9.59 Å². The first-order valence-corrected chi connectivity index (χ1v) is 10.1. The molecule has 2 amide bonds. The number of hydrogen-bond donors (Lipinski definition) is 1. The number of ether oxygens (including phenoxy) is 1. The van der Waals surface area contributed by atoms with Gasteiger partial charge in [0.2, 0.25) is 5.91 Å². The van der Waals surface area contributed by atoms with E-state index in [2.05, 4.69) is 5.32 Å². The Hall–Kier alpha value is -2.53. The van der Waals surface area contributed by atoms with Crippen LogP contribution >= 0.6 is 11.6 Å². The minimum absolute atomic E-state index is 0.157. The average molecular weight is 417 g/mol. The number of benzene rings is 2. The van der Waals surface area contributed by atoms with Crippen molar-refractivity contribution in [2.75, 3.05) is 13.2 Å². The number of halogens is 1. The van der Waals surface area contributed by atoms with Crippen LogP contribution in [-0.4, -0.2) is 35.9 Å². The van der Waals surface area contributed by atoms with Crippen LogP contribution in [0.25, 0.3) is 0 Å². The van der Waals surface area contributed by atoms with Gasteiger partial charge in [0.25, 0.3) is 5.91 Å². The van der Waals surface area contributed by atoms with E-state index >= 15 is 0 Å². The molecule has 156 valence electrons. The van der Waals surface area contributed by atoms with Crippen LogP contribution < -0.4 is 10.1 Å². The quantitative estimate of drug-likeness (QED) is 0.701. The first-order valence-electron chi connectivity index (χ1n) is 9.75. The van der Waals surface area contributed by atoms with E-state index in [1.54, 1.807) is 11.8 Å². The summed E-state index contributed by atoms with van der Waals surface area (Å²) in [7, 11) is 0. The van der Waals surface area contributed by atoms with Gasteiger partial charge in [-0.1, -0.05) is 35.9 Å². The summed E-state index contributed by atoms with van der Waals surface area (Å²) in [6.07, 6.45) is 0. The van der Waals surface area contributed by atoms with Gasteiger partial charge in [-0.05, 0) is 69.0 Å². The summed E-state index contributed by atoms with van der Waals surface area (Å²) in [5.74, 6) is 0.143. The van der Waals surface area contributed by atoms with Crippen LogP contribution in [0.1, 0.15) is 36.1 Å². The van der Waals surface area contributed by atoms with Crippen molar-refractivity contribution in [3.63, 3.8) is 0 Å². The summed E-state index contributed by atoms with van der Waals surface area (Å²) in [6.45, 7) is 10.1. The fourth-order valence-corrected chi connectivity index (χ4v) is 3.20. The van der Waals surface area contributed by atoms with Crippen LogP contribution in [0.5, 0.6) is 5.75 Å². The number of rotatable bonds is 8. The second kappa shape index (κ2) is 10.3. The Labute approximate surface area is 178 Å². The van der Waals surface area contributed by atoms with Crippen molar-refractivity contribution in [3.05, 3.63) is 63.7 Å². The van der Waals surface area contributed by atoms with Gasteiger partial charge in [-0.3, -0.25) is 9.59 Å². The molecule has 0 fully saturated rings. The molecule has 0 spiro atoms. The Morgan fingerprint density at radius 1 is 1.10 bits per heavy atom. The molecule has 0 aliphatic heterocycles. The SMILES string of the molecule is CCNC(=O)[C@@H](C)N(Cc1ccccc1C)C(=O)COc1cc(C)c(Cl)c(C)c1. The van der Waals surface area contributed by atoms with Gasteiger partial charge in [-0.25, -0.2) is 0 Å². The summed E-state index contributed by atoms with van der Waals surface area (Å²) < 4.78 is 5.74. The Bertz CT molecular complexity index is 859. The molecule has 0 radical (unpaired) electrons. The second-order valence-electron chi connectivity index (χ2n) is 7.18. The summed E-state index contributed by atoms with van der Waals surface area (Å²) in [4.78, 5) is 27.0. The summed E-state index contributed by atoms with van der Waals surface area (Å²) in [5.41, 5.74) is 3.84. The minimum Gasteiger partial charge on any atom is -0.484 e. The topological polar surface area (TPSA) is 58.6 Å². The molecule has 2 rings (SSSR count). The maximum Gasteiger partial charge on any atom is 0.261 e. The van der Waals surface area contributed by atoms with Gasteiger partial charge in [-0.2, -0.15) is 0 Å². The van der Waals surface area contributed by atoms with Crippen LogP contribution in [0, 0.1) is 20.8 Å². The van der Waals surface area contributed by atoms with E-state index < -0.39 is 6.04 Å². The Kier molecular flexibility index (Phi) is 8.09. The molecule has 5 nitrogen and oxygen atoms in total. The molecule has 6 heteroatoms. The van der Waals surface area contributed by atoms with Gasteiger partial charge < -0.3 is 15.0 Å². The highest BCUT2D eigenvalue weighted by molar-refractivity contribution is 6.32. The highest BCUT2D eigenvalue weighted by Gasteiger charge is 2.26. The van der Waals surface area contributed by atoms with E-state index in [1.165, 1.54) is 0 Å². The van der Waals surface area contributed by atoms with E-state index in [4.69, 9.17) is 16.3 Å². The van der Waals surface area contributed by atoms with Crippen LogP contribution in [0.4, 0.5) is 0 Å². The predicted octanol–water partition coefficient (Wildman–Crippen LogP) is 4.20. The minimum atomic E-state index is -0.612. The summed E-state index contributed by atoms with van der Waals surface area (Å²) in [5, 5.41) is 3.48. The molecule has 1 N–H and O–H groups in total. The van der Waals surface area contributed by atoms with E-state index in [-0.39, 0.29) is 18.4 Å². The molecule has 29 heavy (non-hydrogen) atoms. The van der Waals surface area contributed by atoms with Crippen molar-refractivity contribution >= 4 is 23.4 Å². The third-order valence-electron chi connectivity index (χ3n) is 4.89. The average Bonchev–Trinajstić information content (AvgIpc) is 2.69. The first kappa shape index (κ1) is 22.8. The highest BCUT2D eigenvalue weighted by atomic mass is 35.5. The van der Waals surface area contributed by atoms with Crippen molar-refractivity contribution in [1.29, 1.82) is 0 Å². The molecule has 0 saturated carbocycles. The molecule has 2 aromatic rings. The molecule has 0 aliphatic carbocycles. The Morgan fingerprint density at radius 3 is 2.31 bits per heavy atom. The van der Waals surface area contributed by atoms with E-state index in [0.29, 0.717) is 23.9 Å². The third-order valence-corrected chi connectivity index (χ3v) is 5.49. The standard InChI is InChI=1S/C23H29ClN2O3/c1-6-25-23(28)18(5)26(13-19-10-8-7-9-15(19)2)21(27)14-29-20-11-16(3)22(24)17(4)12-20/h7-12,18H,6,13-14H2,1-5H3,(H,25,28)/t18-/m1/s1. The fraction of sp³-hybridized carbons (Fsp3) is 0.391. The number of carbonyl (C=O) groups excluding carboxylic acids is 2. The van der Waals surface area contributed by atoms with Gasteiger partial charge in [0, 0.05) is 18.1 Å². The molecule has 0 saturated heterocycles. The predicted molar refractivity (Wildman–Crippen MR) is 116 cm³/mol. The maximum atomic E-state index is 13.0. The molecule has 0 heterocycles. The molecule has 1 atom stereocenters. The Balaban J connectivity index is 2.19. The second-order valence-corrected chi connectivity index (χ2v) is 7.56. The molecule has 0 aliphatic rings. The molecule has 0 unspecified atom stereocenters. The molecule has 2 aromatic carbocycles. The van der Waals surface area contributed by atoms with Crippen LogP contribution in [0.3, 0.4) is 0 Å². The van der Waals surface area contributed by atoms with E-state index in [1.807, 2.05) is 64.1 Å². The zero-order valence-electron chi connectivity index (χ0n) is 17.7. The lowest BCUT2D eigenvalue weighted by molar-refractivity contribution is -0.142. The summed E-state index contributed by atoms with van der Waals surface area (Å²) in [6, 6.07) is 10.8. The Morgan fingerprint density at radius 2 is 1.72 bits per heavy atom. The van der Waals surface area contributed by atoms with Crippen LogP contribution in [-0.2, 0) is 16.1 Å². The van der Waals surface area contributed by atoms with Crippen molar-refractivity contribution in [2.24, 2.45) is 0 Å². The number of nitrogens with one attached hydrogen (secondary N) is 1. The number of carbonyl (C=O) groups is 2. The maximum absolute atomic E-state index is 13.0. The summed E-state index contributed by atoms with van der Waals surface area (Å²) >= 11 is 6.20. The monoisotopic (exact) mass is 416 g/mol. The smallest absolute Gasteiger partial charge is 0.261 e. The van der Waals surface area contributed by atoms with Crippen LogP contribution in [0.2, 0.25) is 5.02 Å². The lowest BCUT2D eigenvalue weighted by Gasteiger charge is -2.29. The number of hydrogen-bond acceptors (Lipinski definition) is 3. The fourth-order valence-electron chi connectivity index (χ4n) is 3.09. The van der Waals surface area contributed by atoms with Crippen molar-refractivity contribution in [2.45, 2.75) is 47.2 Å². The lowest BCUT2D eigenvalue weighted by atomic mass is 10.1. The van der Waals surface area contributed by atoms with Gasteiger partial charge in [0.05, 0.1) is 0 Å². The number of amides is 2. The molecule has 0 aromatic heterocycles. The zero-order valence-corrected chi connectivity index (χ0v) is 18.5. The van der Waals surface area contributed by atoms with Crippen molar-refractivity contribution in [3.8, 4) is 5.75 Å².